The van der Waals surface area contributed by atoms with Crippen molar-refractivity contribution in [2.75, 3.05) is 6.54 Å². The van der Waals surface area contributed by atoms with Crippen LogP contribution in [-0.4, -0.2) is 21.6 Å². The van der Waals surface area contributed by atoms with Crippen LogP contribution in [0.2, 0.25) is 0 Å². The summed E-state index contributed by atoms with van der Waals surface area (Å²) in [6.07, 6.45) is 3.66. The number of nitrogens with one attached hydrogen (secondary N) is 1. The molecule has 0 fully saturated rings. The number of hydrogen-bond donors (Lipinski definition) is 2. The molecule has 1 aromatic heterocycles. The van der Waals surface area contributed by atoms with Gasteiger partial charge in [0.1, 0.15) is 11.6 Å². The summed E-state index contributed by atoms with van der Waals surface area (Å²) in [6, 6.07) is 9.46. The van der Waals surface area contributed by atoms with Crippen LogP contribution in [0.25, 0.3) is 0 Å². The third kappa shape index (κ3) is 4.03. The highest BCUT2D eigenvalue weighted by molar-refractivity contribution is 5.28. The lowest BCUT2D eigenvalue weighted by Crippen LogP contribution is -2.25. The molecule has 0 amide bonds. The summed E-state index contributed by atoms with van der Waals surface area (Å²) >= 11 is 0. The van der Waals surface area contributed by atoms with Crippen LogP contribution >= 0.6 is 0 Å². The third-order valence-corrected chi connectivity index (χ3v) is 3.15. The zero-order chi connectivity index (χ0) is 14.4. The van der Waals surface area contributed by atoms with E-state index in [2.05, 4.69) is 22.2 Å². The van der Waals surface area contributed by atoms with E-state index in [0.717, 1.165) is 36.5 Å². The zero-order valence-electron chi connectivity index (χ0n) is 12.0. The van der Waals surface area contributed by atoms with E-state index in [1.54, 1.807) is 18.3 Å². The molecule has 2 aromatic rings. The van der Waals surface area contributed by atoms with Gasteiger partial charge in [0.05, 0.1) is 11.7 Å². The van der Waals surface area contributed by atoms with Gasteiger partial charge in [-0.25, -0.2) is 9.97 Å². The summed E-state index contributed by atoms with van der Waals surface area (Å²) in [5, 5.41) is 13.1. The number of hydrogen-bond acceptors (Lipinski definition) is 4. The molecule has 4 heteroatoms. The molecule has 106 valence electrons. The molecule has 0 aliphatic rings. The van der Waals surface area contributed by atoms with Crippen LogP contribution in [0.15, 0.2) is 36.5 Å². The Bertz CT molecular complexity index is 557. The first kappa shape index (κ1) is 14.5. The molecule has 0 aliphatic carbocycles. The fourth-order valence-corrected chi connectivity index (χ4v) is 2.19. The van der Waals surface area contributed by atoms with E-state index in [0.29, 0.717) is 5.75 Å². The molecule has 1 heterocycles. The minimum absolute atomic E-state index is 0.137. The maximum Gasteiger partial charge on any atom is 0.125 e. The summed E-state index contributed by atoms with van der Waals surface area (Å²) in [5.74, 6) is 1.08. The average molecular weight is 271 g/mol. The van der Waals surface area contributed by atoms with Crippen LogP contribution in [0.5, 0.6) is 5.75 Å². The van der Waals surface area contributed by atoms with E-state index in [1.807, 2.05) is 25.1 Å². The van der Waals surface area contributed by atoms with Crippen molar-refractivity contribution in [1.29, 1.82) is 0 Å². The first-order valence-corrected chi connectivity index (χ1v) is 7.00. The quantitative estimate of drug-likeness (QED) is 0.848. The summed E-state index contributed by atoms with van der Waals surface area (Å²) < 4.78 is 0. The van der Waals surface area contributed by atoms with Crippen LogP contribution in [0.1, 0.15) is 36.5 Å². The molecule has 20 heavy (non-hydrogen) atoms. The highest BCUT2D eigenvalue weighted by Gasteiger charge is 2.13. The van der Waals surface area contributed by atoms with Crippen molar-refractivity contribution < 1.29 is 5.11 Å². The lowest BCUT2D eigenvalue weighted by atomic mass is 10.0. The molecular weight excluding hydrogens is 250 g/mol. The van der Waals surface area contributed by atoms with Gasteiger partial charge in [0.25, 0.3) is 0 Å². The van der Waals surface area contributed by atoms with Crippen molar-refractivity contribution in [3.8, 4) is 5.75 Å². The molecule has 1 atom stereocenters. The van der Waals surface area contributed by atoms with E-state index >= 15 is 0 Å². The van der Waals surface area contributed by atoms with E-state index in [4.69, 9.17) is 0 Å². The second-order valence-electron chi connectivity index (χ2n) is 4.91. The highest BCUT2D eigenvalue weighted by atomic mass is 16.3. The van der Waals surface area contributed by atoms with E-state index < -0.39 is 0 Å². The molecule has 1 aromatic carbocycles. The second-order valence-corrected chi connectivity index (χ2v) is 4.91. The minimum atomic E-state index is 0.137. The Morgan fingerprint density at radius 1 is 1.30 bits per heavy atom. The van der Waals surface area contributed by atoms with Gasteiger partial charge in [0.2, 0.25) is 0 Å². The summed E-state index contributed by atoms with van der Waals surface area (Å²) in [5.41, 5.74) is 2.09. The van der Waals surface area contributed by atoms with E-state index in [1.165, 1.54) is 0 Å². The van der Waals surface area contributed by atoms with Crippen molar-refractivity contribution in [2.45, 2.75) is 32.7 Å². The number of aromatic nitrogens is 2. The number of phenols is 1. The minimum Gasteiger partial charge on any atom is -0.508 e. The molecule has 2 rings (SSSR count). The highest BCUT2D eigenvalue weighted by Crippen LogP contribution is 2.19. The number of aryl methyl sites for hydroxylation is 1. The van der Waals surface area contributed by atoms with Crippen LogP contribution in [0.4, 0.5) is 0 Å². The Morgan fingerprint density at radius 2 is 2.15 bits per heavy atom. The monoisotopic (exact) mass is 271 g/mol. The number of nitrogens with zero attached hydrogens (tertiary/aromatic N) is 2. The predicted octanol–water partition coefficient (Wildman–Crippen LogP) is 2.77. The summed E-state index contributed by atoms with van der Waals surface area (Å²) in [7, 11) is 0. The third-order valence-electron chi connectivity index (χ3n) is 3.15. The molecule has 0 saturated heterocycles. The molecular formula is C16H21N3O. The zero-order valence-corrected chi connectivity index (χ0v) is 12.0. The second kappa shape index (κ2) is 7.01. The standard InChI is InChI=1S/C16H21N3O/c1-3-8-18-16(15-7-9-17-12(2)19-15)11-13-5-4-6-14(20)10-13/h4-7,9-10,16,18,20H,3,8,11H2,1-2H3. The molecule has 0 radical (unpaired) electrons. The molecule has 4 nitrogen and oxygen atoms in total. The van der Waals surface area contributed by atoms with Crippen LogP contribution in [0.3, 0.4) is 0 Å². The fraction of sp³-hybridized carbons (Fsp3) is 0.375. The van der Waals surface area contributed by atoms with Crippen LogP contribution in [0, 0.1) is 6.92 Å². The molecule has 0 saturated carbocycles. The van der Waals surface area contributed by atoms with Gasteiger partial charge in [-0.05, 0) is 50.1 Å². The Balaban J connectivity index is 2.19. The molecule has 0 bridgehead atoms. The normalized spacial score (nSPS) is 12.3. The topological polar surface area (TPSA) is 58.0 Å². The van der Waals surface area contributed by atoms with Crippen molar-refractivity contribution in [2.24, 2.45) is 0 Å². The Hall–Kier alpha value is -1.94. The number of rotatable bonds is 6. The van der Waals surface area contributed by atoms with Gasteiger partial charge in [-0.15, -0.1) is 0 Å². The smallest absolute Gasteiger partial charge is 0.125 e. The lowest BCUT2D eigenvalue weighted by molar-refractivity contribution is 0.472. The average Bonchev–Trinajstić information content (AvgIpc) is 2.43. The number of phenolic OH excluding ortho intramolecular Hbond substituents is 1. The van der Waals surface area contributed by atoms with Crippen LogP contribution in [-0.2, 0) is 6.42 Å². The number of aromatic hydroxyl groups is 1. The lowest BCUT2D eigenvalue weighted by Gasteiger charge is -2.18. The van der Waals surface area contributed by atoms with Crippen LogP contribution < -0.4 is 5.32 Å². The summed E-state index contributed by atoms with van der Waals surface area (Å²) in [6.45, 7) is 4.98. The Kier molecular flexibility index (Phi) is 5.07. The molecule has 2 N–H and O–H groups in total. The molecule has 0 spiro atoms. The van der Waals surface area contributed by atoms with E-state index in [-0.39, 0.29) is 6.04 Å². The predicted molar refractivity (Wildman–Crippen MR) is 79.6 cm³/mol. The van der Waals surface area contributed by atoms with Gasteiger partial charge in [-0.1, -0.05) is 19.1 Å². The fourth-order valence-electron chi connectivity index (χ4n) is 2.19. The Morgan fingerprint density at radius 3 is 2.85 bits per heavy atom. The number of benzene rings is 1. The maximum atomic E-state index is 9.57. The van der Waals surface area contributed by atoms with Gasteiger partial charge in [-0.3, -0.25) is 0 Å². The first-order chi connectivity index (χ1) is 9.69. The summed E-state index contributed by atoms with van der Waals surface area (Å²) in [4.78, 5) is 8.65. The molecule has 1 unspecified atom stereocenters. The largest absolute Gasteiger partial charge is 0.508 e. The maximum absolute atomic E-state index is 9.57. The van der Waals surface area contributed by atoms with Crippen molar-refractivity contribution in [1.82, 2.24) is 15.3 Å². The van der Waals surface area contributed by atoms with Gasteiger partial charge in [-0.2, -0.15) is 0 Å². The van der Waals surface area contributed by atoms with Gasteiger partial charge in [0.15, 0.2) is 0 Å². The van der Waals surface area contributed by atoms with Crippen molar-refractivity contribution in [3.05, 3.63) is 53.6 Å². The van der Waals surface area contributed by atoms with E-state index in [9.17, 15) is 5.11 Å². The van der Waals surface area contributed by atoms with Gasteiger partial charge < -0.3 is 10.4 Å². The SMILES string of the molecule is CCCNC(Cc1cccc(O)c1)c1ccnc(C)n1. The Labute approximate surface area is 119 Å². The van der Waals surface area contributed by atoms with Crippen molar-refractivity contribution in [3.63, 3.8) is 0 Å². The van der Waals surface area contributed by atoms with Gasteiger partial charge >= 0.3 is 0 Å². The van der Waals surface area contributed by atoms with Crippen molar-refractivity contribution >= 4 is 0 Å². The molecule has 0 aliphatic heterocycles. The first-order valence-electron chi connectivity index (χ1n) is 7.00. The van der Waals surface area contributed by atoms with Gasteiger partial charge in [0, 0.05) is 6.20 Å².